The first-order valence-corrected chi connectivity index (χ1v) is 6.27. The predicted octanol–water partition coefficient (Wildman–Crippen LogP) is 3.55. The maximum atomic E-state index is 11.9. The van der Waals surface area contributed by atoms with Crippen molar-refractivity contribution in [2.75, 3.05) is 13.2 Å². The van der Waals surface area contributed by atoms with E-state index in [0.717, 1.165) is 5.56 Å². The van der Waals surface area contributed by atoms with Crippen molar-refractivity contribution in [3.8, 4) is 0 Å². The molecule has 0 fully saturated rings. The Morgan fingerprint density at radius 2 is 2.10 bits per heavy atom. The molecule has 0 spiro atoms. The highest BCUT2D eigenvalue weighted by Crippen LogP contribution is 2.18. The summed E-state index contributed by atoms with van der Waals surface area (Å²) in [7, 11) is 0. The molecule has 112 valence electrons. The Hall–Kier alpha value is -1.27. The fraction of sp³-hybridized carbons (Fsp3) is 0.462. The number of halogens is 4. The fourth-order valence-electron chi connectivity index (χ4n) is 1.67. The Kier molecular flexibility index (Phi) is 6.29. The molecule has 1 N–H and O–H groups in total. The zero-order valence-corrected chi connectivity index (χ0v) is 11.2. The highest BCUT2D eigenvalue weighted by Gasteiger charge is 2.27. The van der Waals surface area contributed by atoms with Gasteiger partial charge in [0.15, 0.2) is 0 Å². The maximum Gasteiger partial charge on any atom is 0.411 e. The number of carbonyl (C=O) groups is 1. The molecular formula is C13H14ClF3O3. The normalized spacial score (nSPS) is 13.2. The number of alkyl halides is 3. The molecule has 0 saturated carbocycles. The zero-order chi connectivity index (χ0) is 15.2. The number of rotatable bonds is 7. The van der Waals surface area contributed by atoms with Gasteiger partial charge in [-0.25, -0.2) is 0 Å². The first kappa shape index (κ1) is 16.8. The van der Waals surface area contributed by atoms with Gasteiger partial charge < -0.3 is 9.84 Å². The van der Waals surface area contributed by atoms with Crippen LogP contribution in [-0.2, 0) is 16.0 Å². The van der Waals surface area contributed by atoms with Crippen LogP contribution in [0.25, 0.3) is 0 Å². The van der Waals surface area contributed by atoms with Gasteiger partial charge in [-0.2, -0.15) is 13.2 Å². The number of ether oxygens (including phenoxy) is 1. The van der Waals surface area contributed by atoms with Crippen molar-refractivity contribution in [3.05, 3.63) is 34.9 Å². The summed E-state index contributed by atoms with van der Waals surface area (Å²) in [6, 6.07) is 6.70. The molecule has 1 aromatic carbocycles. The van der Waals surface area contributed by atoms with Crippen LogP contribution in [0.5, 0.6) is 0 Å². The minimum absolute atomic E-state index is 0.0118. The van der Waals surface area contributed by atoms with Gasteiger partial charge in [-0.3, -0.25) is 4.79 Å². The van der Waals surface area contributed by atoms with E-state index in [-0.39, 0.29) is 19.4 Å². The summed E-state index contributed by atoms with van der Waals surface area (Å²) in [6.45, 7) is -1.62. The highest BCUT2D eigenvalue weighted by molar-refractivity contribution is 6.30. The lowest BCUT2D eigenvalue weighted by Crippen LogP contribution is -2.22. The molecule has 20 heavy (non-hydrogen) atoms. The van der Waals surface area contributed by atoms with Crippen molar-refractivity contribution in [1.82, 2.24) is 0 Å². The maximum absolute atomic E-state index is 11.9. The Bertz CT molecular complexity index is 449. The van der Waals surface area contributed by atoms with E-state index < -0.39 is 24.7 Å². The van der Waals surface area contributed by atoms with Crippen molar-refractivity contribution in [2.45, 2.75) is 19.0 Å². The van der Waals surface area contributed by atoms with E-state index in [1.807, 2.05) is 0 Å². The van der Waals surface area contributed by atoms with Crippen molar-refractivity contribution in [1.29, 1.82) is 0 Å². The third-order valence-corrected chi connectivity index (χ3v) is 2.83. The van der Waals surface area contributed by atoms with Gasteiger partial charge in [0.05, 0.1) is 5.92 Å². The van der Waals surface area contributed by atoms with Crippen LogP contribution < -0.4 is 0 Å². The van der Waals surface area contributed by atoms with Crippen LogP contribution in [0.4, 0.5) is 13.2 Å². The second kappa shape index (κ2) is 7.50. The Labute approximate surface area is 119 Å². The average molecular weight is 311 g/mol. The van der Waals surface area contributed by atoms with Crippen molar-refractivity contribution in [2.24, 2.45) is 5.92 Å². The van der Waals surface area contributed by atoms with Crippen LogP contribution in [0.2, 0.25) is 5.02 Å². The monoisotopic (exact) mass is 310 g/mol. The molecule has 3 nitrogen and oxygen atoms in total. The van der Waals surface area contributed by atoms with E-state index >= 15 is 0 Å². The Morgan fingerprint density at radius 3 is 2.65 bits per heavy atom. The number of carboxylic acid groups (broad SMARTS) is 1. The predicted molar refractivity (Wildman–Crippen MR) is 67.8 cm³/mol. The highest BCUT2D eigenvalue weighted by atomic mass is 35.5. The molecule has 1 rings (SSSR count). The molecule has 1 unspecified atom stereocenters. The van der Waals surface area contributed by atoms with Gasteiger partial charge in [0.1, 0.15) is 6.61 Å². The lowest BCUT2D eigenvalue weighted by Gasteiger charge is -2.13. The van der Waals surface area contributed by atoms with Gasteiger partial charge in [-0.05, 0) is 30.5 Å². The summed E-state index contributed by atoms with van der Waals surface area (Å²) in [5.74, 6) is -1.87. The van der Waals surface area contributed by atoms with E-state index in [1.165, 1.54) is 0 Å². The van der Waals surface area contributed by atoms with Gasteiger partial charge >= 0.3 is 12.1 Å². The number of aliphatic carboxylic acids is 1. The lowest BCUT2D eigenvalue weighted by molar-refractivity contribution is -0.175. The van der Waals surface area contributed by atoms with E-state index in [2.05, 4.69) is 4.74 Å². The summed E-state index contributed by atoms with van der Waals surface area (Å²) in [5.41, 5.74) is 0.723. The standard InChI is InChI=1S/C13H14ClF3O3/c14-11-3-1-2-9(7-11)6-10(12(18)19)4-5-20-8-13(15,16)17/h1-3,7,10H,4-6,8H2,(H,18,19). The number of hydrogen-bond donors (Lipinski definition) is 1. The summed E-state index contributed by atoms with van der Waals surface area (Å²) < 4.78 is 40.0. The van der Waals surface area contributed by atoms with Crippen molar-refractivity contribution in [3.63, 3.8) is 0 Å². The second-order valence-electron chi connectivity index (χ2n) is 4.33. The van der Waals surface area contributed by atoms with Gasteiger partial charge in [0, 0.05) is 11.6 Å². The molecule has 0 amide bonds. The molecule has 0 aliphatic carbocycles. The average Bonchev–Trinajstić information content (AvgIpc) is 2.31. The van der Waals surface area contributed by atoms with E-state index in [0.29, 0.717) is 5.02 Å². The molecule has 0 aliphatic rings. The third-order valence-electron chi connectivity index (χ3n) is 2.60. The smallest absolute Gasteiger partial charge is 0.411 e. The van der Waals surface area contributed by atoms with Crippen LogP contribution in [0.15, 0.2) is 24.3 Å². The number of benzene rings is 1. The van der Waals surface area contributed by atoms with Crippen molar-refractivity contribution >= 4 is 17.6 Å². The molecular weight excluding hydrogens is 297 g/mol. The van der Waals surface area contributed by atoms with Gasteiger partial charge in [-0.15, -0.1) is 0 Å². The molecule has 7 heteroatoms. The molecule has 0 aliphatic heterocycles. The molecule has 0 heterocycles. The van der Waals surface area contributed by atoms with E-state index in [9.17, 15) is 18.0 Å². The van der Waals surface area contributed by atoms with E-state index in [1.54, 1.807) is 24.3 Å². The van der Waals surface area contributed by atoms with Crippen LogP contribution in [0.3, 0.4) is 0 Å². The van der Waals surface area contributed by atoms with Crippen LogP contribution >= 0.6 is 11.6 Å². The Balaban J connectivity index is 2.47. The molecule has 0 radical (unpaired) electrons. The topological polar surface area (TPSA) is 46.5 Å². The lowest BCUT2D eigenvalue weighted by atomic mass is 9.97. The molecule has 1 atom stereocenters. The van der Waals surface area contributed by atoms with Crippen molar-refractivity contribution < 1.29 is 27.8 Å². The fourth-order valence-corrected chi connectivity index (χ4v) is 1.89. The third kappa shape index (κ3) is 6.77. The van der Waals surface area contributed by atoms with Crippen LogP contribution in [0, 0.1) is 5.92 Å². The Morgan fingerprint density at radius 1 is 1.40 bits per heavy atom. The molecule has 0 aromatic heterocycles. The van der Waals surface area contributed by atoms with Crippen LogP contribution in [0.1, 0.15) is 12.0 Å². The van der Waals surface area contributed by atoms with Crippen LogP contribution in [-0.4, -0.2) is 30.5 Å². The van der Waals surface area contributed by atoms with Gasteiger partial charge in [0.25, 0.3) is 0 Å². The molecule has 0 bridgehead atoms. The minimum Gasteiger partial charge on any atom is -0.481 e. The molecule has 1 aromatic rings. The summed E-state index contributed by atoms with van der Waals surface area (Å²) in [6.07, 6.45) is -4.19. The second-order valence-corrected chi connectivity index (χ2v) is 4.76. The SMILES string of the molecule is O=C(O)C(CCOCC(F)(F)F)Cc1cccc(Cl)c1. The zero-order valence-electron chi connectivity index (χ0n) is 10.5. The number of carboxylic acids is 1. The quantitative estimate of drug-likeness (QED) is 0.783. The summed E-state index contributed by atoms with van der Waals surface area (Å²) in [4.78, 5) is 11.1. The van der Waals surface area contributed by atoms with E-state index in [4.69, 9.17) is 16.7 Å². The minimum atomic E-state index is -4.40. The van der Waals surface area contributed by atoms with Gasteiger partial charge in [0.2, 0.25) is 0 Å². The molecule has 0 saturated heterocycles. The largest absolute Gasteiger partial charge is 0.481 e. The van der Waals surface area contributed by atoms with Gasteiger partial charge in [-0.1, -0.05) is 23.7 Å². The summed E-state index contributed by atoms with van der Waals surface area (Å²) >= 11 is 5.79. The summed E-state index contributed by atoms with van der Waals surface area (Å²) in [5, 5.41) is 9.54. The first-order chi connectivity index (χ1) is 9.28. The number of hydrogen-bond acceptors (Lipinski definition) is 2. The first-order valence-electron chi connectivity index (χ1n) is 5.89.